The van der Waals surface area contributed by atoms with Crippen LogP contribution in [-0.4, -0.2) is 9.97 Å². The smallest absolute Gasteiger partial charge is 0.161 e. The van der Waals surface area contributed by atoms with Crippen LogP contribution in [0.1, 0.15) is 5.69 Å². The first-order chi connectivity index (χ1) is 8.10. The summed E-state index contributed by atoms with van der Waals surface area (Å²) in [5.41, 5.74) is 3.45. The van der Waals surface area contributed by atoms with E-state index in [-0.39, 0.29) is 5.82 Å². The summed E-state index contributed by atoms with van der Waals surface area (Å²) in [7, 11) is 0. The van der Waals surface area contributed by atoms with Gasteiger partial charge in [-0.3, -0.25) is 0 Å². The van der Waals surface area contributed by atoms with Gasteiger partial charge in [0.1, 0.15) is 5.82 Å². The van der Waals surface area contributed by atoms with Crippen molar-refractivity contribution in [3.63, 3.8) is 0 Å². The third kappa shape index (κ3) is 2.36. The second-order valence-corrected chi connectivity index (χ2v) is 3.49. The average molecular weight is 236 g/mol. The van der Waals surface area contributed by atoms with Crippen molar-refractivity contribution in [2.45, 2.75) is 6.92 Å². The van der Waals surface area contributed by atoms with Crippen molar-refractivity contribution < 1.29 is 8.78 Å². The number of nitrogen functional groups attached to an aromatic ring is 1. The summed E-state index contributed by atoms with van der Waals surface area (Å²) in [6.45, 7) is 1.76. The minimum Gasteiger partial charge on any atom is -0.308 e. The van der Waals surface area contributed by atoms with Crippen molar-refractivity contribution in [3.05, 3.63) is 41.6 Å². The number of aryl methyl sites for hydroxylation is 1. The molecule has 1 aromatic carbocycles. The van der Waals surface area contributed by atoms with Gasteiger partial charge in [-0.15, -0.1) is 0 Å². The first kappa shape index (κ1) is 11.4. The molecule has 3 N–H and O–H groups in total. The minimum absolute atomic E-state index is 0.289. The molecule has 2 aromatic rings. The zero-order valence-corrected chi connectivity index (χ0v) is 9.04. The van der Waals surface area contributed by atoms with E-state index in [1.165, 1.54) is 6.07 Å². The monoisotopic (exact) mass is 236 g/mol. The molecule has 0 aliphatic carbocycles. The van der Waals surface area contributed by atoms with E-state index < -0.39 is 11.6 Å². The second kappa shape index (κ2) is 4.42. The summed E-state index contributed by atoms with van der Waals surface area (Å²) >= 11 is 0. The third-order valence-electron chi connectivity index (χ3n) is 2.18. The van der Waals surface area contributed by atoms with E-state index in [0.29, 0.717) is 17.1 Å². The fraction of sp³-hybridized carbons (Fsp3) is 0.0909. The Labute approximate surface area is 96.5 Å². The molecule has 0 unspecified atom stereocenters. The summed E-state index contributed by atoms with van der Waals surface area (Å²) in [6.07, 6.45) is 0. The second-order valence-electron chi connectivity index (χ2n) is 3.49. The molecule has 2 rings (SSSR count). The van der Waals surface area contributed by atoms with Crippen LogP contribution < -0.4 is 11.3 Å². The van der Waals surface area contributed by atoms with Crippen LogP contribution in [0, 0.1) is 18.6 Å². The Morgan fingerprint density at radius 1 is 1.12 bits per heavy atom. The van der Waals surface area contributed by atoms with Gasteiger partial charge in [0.2, 0.25) is 0 Å². The number of nitrogens with zero attached hydrogens (tertiary/aromatic N) is 2. The van der Waals surface area contributed by atoms with Crippen LogP contribution in [0.4, 0.5) is 14.6 Å². The standard InChI is InChI=1S/C11H10F2N4/c1-6-4-10(17-14)16-11(15-6)7-2-3-8(12)9(13)5-7/h2-5H,14H2,1H3,(H,15,16,17). The lowest BCUT2D eigenvalue weighted by atomic mass is 10.2. The Hall–Kier alpha value is -2.08. The first-order valence-corrected chi connectivity index (χ1v) is 4.88. The van der Waals surface area contributed by atoms with Gasteiger partial charge in [0.25, 0.3) is 0 Å². The van der Waals surface area contributed by atoms with Gasteiger partial charge in [0.15, 0.2) is 17.5 Å². The van der Waals surface area contributed by atoms with Crippen LogP contribution in [-0.2, 0) is 0 Å². The minimum atomic E-state index is -0.935. The fourth-order valence-corrected chi connectivity index (χ4v) is 1.41. The van der Waals surface area contributed by atoms with Crippen molar-refractivity contribution in [2.24, 2.45) is 5.84 Å². The molecule has 17 heavy (non-hydrogen) atoms. The maximum Gasteiger partial charge on any atom is 0.161 e. The molecule has 0 spiro atoms. The number of hydrogen-bond acceptors (Lipinski definition) is 4. The summed E-state index contributed by atoms with van der Waals surface area (Å²) < 4.78 is 25.9. The molecule has 0 amide bonds. The van der Waals surface area contributed by atoms with Gasteiger partial charge in [0, 0.05) is 17.3 Å². The molecular weight excluding hydrogens is 226 g/mol. The Morgan fingerprint density at radius 3 is 2.53 bits per heavy atom. The maximum absolute atomic E-state index is 13.1. The number of hydrazine groups is 1. The van der Waals surface area contributed by atoms with Crippen LogP contribution in [0.5, 0.6) is 0 Å². The highest BCUT2D eigenvalue weighted by atomic mass is 19.2. The topological polar surface area (TPSA) is 63.8 Å². The number of benzene rings is 1. The predicted molar refractivity (Wildman–Crippen MR) is 59.9 cm³/mol. The molecule has 0 aliphatic rings. The Balaban J connectivity index is 2.52. The quantitative estimate of drug-likeness (QED) is 0.618. The number of aromatic nitrogens is 2. The number of hydrogen-bond donors (Lipinski definition) is 2. The molecule has 6 heteroatoms. The molecule has 88 valence electrons. The molecule has 1 heterocycles. The van der Waals surface area contributed by atoms with Crippen LogP contribution in [0.2, 0.25) is 0 Å². The molecule has 4 nitrogen and oxygen atoms in total. The normalized spacial score (nSPS) is 10.4. The average Bonchev–Trinajstić information content (AvgIpc) is 2.32. The number of halogens is 2. The van der Waals surface area contributed by atoms with E-state index in [2.05, 4.69) is 15.4 Å². The lowest BCUT2D eigenvalue weighted by Crippen LogP contribution is -2.10. The molecule has 0 radical (unpaired) electrons. The Kier molecular flexibility index (Phi) is 2.97. The highest BCUT2D eigenvalue weighted by molar-refractivity contribution is 5.57. The molecule has 0 saturated carbocycles. The van der Waals surface area contributed by atoms with Crippen LogP contribution in [0.3, 0.4) is 0 Å². The van der Waals surface area contributed by atoms with Gasteiger partial charge in [-0.1, -0.05) is 0 Å². The third-order valence-corrected chi connectivity index (χ3v) is 2.18. The Bertz CT molecular complexity index is 557. The van der Waals surface area contributed by atoms with Gasteiger partial charge in [-0.25, -0.2) is 24.6 Å². The molecule has 1 aromatic heterocycles. The van der Waals surface area contributed by atoms with Gasteiger partial charge < -0.3 is 5.43 Å². The first-order valence-electron chi connectivity index (χ1n) is 4.88. The van der Waals surface area contributed by atoms with E-state index >= 15 is 0 Å². The van der Waals surface area contributed by atoms with Crippen molar-refractivity contribution >= 4 is 5.82 Å². The Morgan fingerprint density at radius 2 is 1.88 bits per heavy atom. The lowest BCUT2D eigenvalue weighted by molar-refractivity contribution is 0.509. The highest BCUT2D eigenvalue weighted by Crippen LogP contribution is 2.19. The fourth-order valence-electron chi connectivity index (χ4n) is 1.41. The molecule has 0 fully saturated rings. The van der Waals surface area contributed by atoms with Crippen LogP contribution in [0.15, 0.2) is 24.3 Å². The van der Waals surface area contributed by atoms with Gasteiger partial charge in [0.05, 0.1) is 0 Å². The highest BCUT2D eigenvalue weighted by Gasteiger charge is 2.08. The van der Waals surface area contributed by atoms with Crippen molar-refractivity contribution in [1.29, 1.82) is 0 Å². The predicted octanol–water partition coefficient (Wildman–Crippen LogP) is 2.02. The molecule has 0 atom stereocenters. The van der Waals surface area contributed by atoms with Crippen molar-refractivity contribution in [1.82, 2.24) is 9.97 Å². The SMILES string of the molecule is Cc1cc(NN)nc(-c2ccc(F)c(F)c2)n1. The molecular formula is C11H10F2N4. The van der Waals surface area contributed by atoms with Crippen LogP contribution in [0.25, 0.3) is 11.4 Å². The van der Waals surface area contributed by atoms with E-state index in [9.17, 15) is 8.78 Å². The van der Waals surface area contributed by atoms with E-state index in [1.807, 2.05) is 0 Å². The molecule has 0 saturated heterocycles. The van der Waals surface area contributed by atoms with Gasteiger partial charge >= 0.3 is 0 Å². The number of nitrogens with two attached hydrogens (primary N) is 1. The summed E-state index contributed by atoms with van der Waals surface area (Å²) in [6, 6.07) is 5.13. The molecule has 0 bridgehead atoms. The summed E-state index contributed by atoms with van der Waals surface area (Å²) in [4.78, 5) is 8.18. The van der Waals surface area contributed by atoms with E-state index in [4.69, 9.17) is 5.84 Å². The van der Waals surface area contributed by atoms with Crippen LogP contribution >= 0.6 is 0 Å². The van der Waals surface area contributed by atoms with Crippen molar-refractivity contribution in [2.75, 3.05) is 5.43 Å². The van der Waals surface area contributed by atoms with Gasteiger partial charge in [-0.2, -0.15) is 0 Å². The number of nitrogens with one attached hydrogen (secondary N) is 1. The van der Waals surface area contributed by atoms with Crippen molar-refractivity contribution in [3.8, 4) is 11.4 Å². The summed E-state index contributed by atoms with van der Waals surface area (Å²) in [5, 5.41) is 0. The van der Waals surface area contributed by atoms with E-state index in [0.717, 1.165) is 12.1 Å². The molecule has 0 aliphatic heterocycles. The lowest BCUT2D eigenvalue weighted by Gasteiger charge is -2.05. The zero-order chi connectivity index (χ0) is 12.4. The largest absolute Gasteiger partial charge is 0.308 e. The number of anilines is 1. The maximum atomic E-state index is 13.1. The zero-order valence-electron chi connectivity index (χ0n) is 9.04. The summed E-state index contributed by atoms with van der Waals surface area (Å²) in [5.74, 6) is 4.11. The van der Waals surface area contributed by atoms with Gasteiger partial charge in [-0.05, 0) is 25.1 Å². The number of rotatable bonds is 2. The van der Waals surface area contributed by atoms with E-state index in [1.54, 1.807) is 13.0 Å².